The standard InChI is InChI=1S/C24H26N4O2S2.C23H24N4O2S2/c1-2-5-19-8-10-20(11-9-19)16-22-18-31-24(26-22)27-12-14-28(15-13-27)32(29,30)23-7-4-3-6-21(23)17-25;1-17-6-5-7-18(2)21(17)14-20-16-30-23(25-20)26-10-12-27(13-11-26)31(28,29)22-9-4-3-8-19(22)15-24/h3-4,6-11,18H,2,5,12-16H2,1H3;3-9,16H,10-14H2,1-2H3. The number of anilines is 2. The van der Waals surface area contributed by atoms with Crippen molar-refractivity contribution < 1.29 is 16.8 Å². The number of sulfonamides is 2. The van der Waals surface area contributed by atoms with E-state index < -0.39 is 20.0 Å². The van der Waals surface area contributed by atoms with Crippen molar-refractivity contribution >= 4 is 53.0 Å². The maximum absolute atomic E-state index is 13.0. The second-order valence-electron chi connectivity index (χ2n) is 15.5. The minimum absolute atomic E-state index is 0.0797. The van der Waals surface area contributed by atoms with Crippen LogP contribution in [0.1, 0.15) is 63.7 Å². The molecule has 0 radical (unpaired) electrons. The number of aromatic nitrogens is 2. The van der Waals surface area contributed by atoms with Gasteiger partial charge in [-0.1, -0.05) is 80.1 Å². The first-order chi connectivity index (χ1) is 30.4. The molecular weight excluding hydrogens is 869 g/mol. The Morgan fingerprint density at radius 1 is 0.571 bits per heavy atom. The summed E-state index contributed by atoms with van der Waals surface area (Å²) < 4.78 is 55.0. The van der Waals surface area contributed by atoms with Crippen molar-refractivity contribution in [2.75, 3.05) is 62.2 Å². The number of thiazole rings is 2. The van der Waals surface area contributed by atoms with Gasteiger partial charge in [-0.3, -0.25) is 0 Å². The normalized spacial score (nSPS) is 15.0. The van der Waals surface area contributed by atoms with Gasteiger partial charge in [0.25, 0.3) is 0 Å². The molecule has 16 heteroatoms. The molecule has 326 valence electrons. The Hall–Kier alpha value is -5.46. The predicted molar refractivity (Wildman–Crippen MR) is 250 cm³/mol. The van der Waals surface area contributed by atoms with Crippen LogP contribution >= 0.6 is 22.7 Å². The molecule has 4 aromatic carbocycles. The monoisotopic (exact) mass is 918 g/mol. The molecule has 0 atom stereocenters. The molecule has 0 spiro atoms. The summed E-state index contributed by atoms with van der Waals surface area (Å²) in [6, 6.07) is 31.7. The maximum Gasteiger partial charge on any atom is 0.244 e. The number of rotatable bonds is 12. The number of nitrogens with zero attached hydrogens (tertiary/aromatic N) is 8. The van der Waals surface area contributed by atoms with Gasteiger partial charge in [0.2, 0.25) is 20.0 Å². The molecule has 0 aliphatic carbocycles. The molecule has 2 aliphatic heterocycles. The summed E-state index contributed by atoms with van der Waals surface area (Å²) in [6.45, 7) is 10.2. The smallest absolute Gasteiger partial charge is 0.244 e. The Morgan fingerprint density at radius 3 is 1.44 bits per heavy atom. The van der Waals surface area contributed by atoms with Crippen molar-refractivity contribution in [3.63, 3.8) is 0 Å². The van der Waals surface area contributed by atoms with Gasteiger partial charge < -0.3 is 9.80 Å². The van der Waals surface area contributed by atoms with E-state index in [-0.39, 0.29) is 20.9 Å². The van der Waals surface area contributed by atoms with Crippen LogP contribution in [-0.4, -0.2) is 87.8 Å². The van der Waals surface area contributed by atoms with E-state index in [1.54, 1.807) is 46.9 Å². The fourth-order valence-electron chi connectivity index (χ4n) is 7.76. The molecule has 4 heterocycles. The summed E-state index contributed by atoms with van der Waals surface area (Å²) in [5.41, 5.74) is 8.89. The predicted octanol–water partition coefficient (Wildman–Crippen LogP) is 7.80. The molecule has 2 aromatic heterocycles. The number of piperazine rings is 2. The zero-order valence-corrected chi connectivity index (χ0v) is 38.9. The van der Waals surface area contributed by atoms with Gasteiger partial charge in [-0.25, -0.2) is 26.8 Å². The minimum Gasteiger partial charge on any atom is -0.345 e. The van der Waals surface area contributed by atoms with Crippen LogP contribution in [0.2, 0.25) is 0 Å². The molecule has 0 N–H and O–H groups in total. The lowest BCUT2D eigenvalue weighted by atomic mass is 9.99. The lowest BCUT2D eigenvalue weighted by Gasteiger charge is -2.33. The molecule has 2 aliphatic rings. The first-order valence-corrected chi connectivity index (χ1v) is 25.6. The van der Waals surface area contributed by atoms with Crippen LogP contribution in [0.15, 0.2) is 112 Å². The number of hydrogen-bond donors (Lipinski definition) is 0. The quantitative estimate of drug-likeness (QED) is 0.119. The molecule has 0 saturated carbocycles. The number of aryl methyl sites for hydroxylation is 3. The van der Waals surface area contributed by atoms with Crippen LogP contribution in [-0.2, 0) is 39.3 Å². The maximum atomic E-state index is 13.0. The van der Waals surface area contributed by atoms with Crippen molar-refractivity contribution in [3.8, 4) is 12.1 Å². The Morgan fingerprint density at radius 2 is 1.00 bits per heavy atom. The molecule has 8 rings (SSSR count). The summed E-state index contributed by atoms with van der Waals surface area (Å²) in [6.07, 6.45) is 3.84. The fourth-order valence-corrected chi connectivity index (χ4v) is 12.6. The highest BCUT2D eigenvalue weighted by Crippen LogP contribution is 2.29. The molecule has 0 amide bonds. The van der Waals surface area contributed by atoms with E-state index in [0.717, 1.165) is 47.3 Å². The molecule has 2 saturated heterocycles. The molecule has 0 unspecified atom stereocenters. The number of hydrogen-bond acceptors (Lipinski definition) is 12. The molecule has 6 aromatic rings. The van der Waals surface area contributed by atoms with Gasteiger partial charge in [0, 0.05) is 76.0 Å². The van der Waals surface area contributed by atoms with E-state index in [2.05, 4.69) is 83.8 Å². The van der Waals surface area contributed by atoms with Gasteiger partial charge in [-0.2, -0.15) is 19.1 Å². The molecule has 12 nitrogen and oxygen atoms in total. The van der Waals surface area contributed by atoms with Crippen LogP contribution in [0.4, 0.5) is 10.3 Å². The van der Waals surface area contributed by atoms with Crippen molar-refractivity contribution in [1.82, 2.24) is 18.6 Å². The topological polar surface area (TPSA) is 155 Å². The second kappa shape index (κ2) is 20.4. The fraction of sp³-hybridized carbons (Fsp3) is 0.319. The molecule has 2 fully saturated rings. The van der Waals surface area contributed by atoms with E-state index in [9.17, 15) is 27.4 Å². The third-order valence-electron chi connectivity index (χ3n) is 11.3. The van der Waals surface area contributed by atoms with Crippen molar-refractivity contribution in [1.29, 1.82) is 10.5 Å². The highest BCUT2D eigenvalue weighted by atomic mass is 32.2. The summed E-state index contributed by atoms with van der Waals surface area (Å²) >= 11 is 3.20. The van der Waals surface area contributed by atoms with Crippen molar-refractivity contribution in [3.05, 3.63) is 152 Å². The molecular formula is C47H50N8O4S4. The minimum atomic E-state index is -3.69. The van der Waals surface area contributed by atoms with Gasteiger partial charge in [-0.15, -0.1) is 22.7 Å². The molecule has 63 heavy (non-hydrogen) atoms. The van der Waals surface area contributed by atoms with E-state index in [0.29, 0.717) is 52.4 Å². The average Bonchev–Trinajstić information content (AvgIpc) is 3.99. The zero-order valence-electron chi connectivity index (χ0n) is 35.6. The van der Waals surface area contributed by atoms with E-state index >= 15 is 0 Å². The summed E-state index contributed by atoms with van der Waals surface area (Å²) in [5.74, 6) is 0. The SMILES string of the molecule is CCCc1ccc(Cc2csc(N3CCN(S(=O)(=O)c4ccccc4C#N)CC3)n2)cc1.Cc1cccc(C)c1Cc1csc(N2CCN(S(=O)(=O)c3ccccc3C#N)CC2)n1. The Bertz CT molecular complexity index is 2810. The Balaban J connectivity index is 0.000000189. The molecule has 0 bridgehead atoms. The Kier molecular flexibility index (Phi) is 14.7. The van der Waals surface area contributed by atoms with E-state index in [1.165, 1.54) is 60.7 Å². The van der Waals surface area contributed by atoms with Crippen molar-refractivity contribution in [2.24, 2.45) is 0 Å². The average molecular weight is 919 g/mol. The van der Waals surface area contributed by atoms with Crippen LogP contribution in [0.3, 0.4) is 0 Å². The van der Waals surface area contributed by atoms with Crippen molar-refractivity contribution in [2.45, 2.75) is 56.2 Å². The highest BCUT2D eigenvalue weighted by Gasteiger charge is 2.32. The lowest BCUT2D eigenvalue weighted by molar-refractivity contribution is 0.384. The third-order valence-corrected chi connectivity index (χ3v) is 17.1. The first kappa shape index (κ1) is 45.6. The van der Waals surface area contributed by atoms with Crippen LogP contribution in [0, 0.1) is 36.5 Å². The largest absolute Gasteiger partial charge is 0.345 e. The van der Waals surface area contributed by atoms with Crippen LogP contribution in [0.5, 0.6) is 0 Å². The first-order valence-electron chi connectivity index (χ1n) is 20.9. The van der Waals surface area contributed by atoms with Gasteiger partial charge >= 0.3 is 0 Å². The summed E-state index contributed by atoms with van der Waals surface area (Å²) in [5, 5.41) is 24.6. The number of nitriles is 2. The summed E-state index contributed by atoms with van der Waals surface area (Å²) in [7, 11) is -7.37. The highest BCUT2D eigenvalue weighted by molar-refractivity contribution is 7.89. The van der Waals surface area contributed by atoms with Gasteiger partial charge in [-0.05, 0) is 72.4 Å². The zero-order chi connectivity index (χ0) is 44.6. The number of benzene rings is 4. The van der Waals surface area contributed by atoms with Gasteiger partial charge in [0.1, 0.15) is 12.1 Å². The lowest BCUT2D eigenvalue weighted by Crippen LogP contribution is -2.48. The van der Waals surface area contributed by atoms with Crippen LogP contribution in [0.25, 0.3) is 0 Å². The van der Waals surface area contributed by atoms with Gasteiger partial charge in [0.15, 0.2) is 10.3 Å². The Labute approximate surface area is 379 Å². The van der Waals surface area contributed by atoms with E-state index in [4.69, 9.17) is 9.97 Å². The van der Waals surface area contributed by atoms with E-state index in [1.807, 2.05) is 12.1 Å². The third kappa shape index (κ3) is 10.7. The summed E-state index contributed by atoms with van der Waals surface area (Å²) in [4.78, 5) is 14.1. The second-order valence-corrected chi connectivity index (χ2v) is 21.0. The van der Waals surface area contributed by atoms with Gasteiger partial charge in [0.05, 0.1) is 32.3 Å². The van der Waals surface area contributed by atoms with Crippen LogP contribution < -0.4 is 9.80 Å².